The predicted octanol–water partition coefficient (Wildman–Crippen LogP) is 1.30. The van der Waals surface area contributed by atoms with E-state index in [9.17, 15) is 8.42 Å². The molecule has 2 N–H and O–H groups in total. The van der Waals surface area contributed by atoms with Gasteiger partial charge in [0.1, 0.15) is 4.90 Å². The van der Waals surface area contributed by atoms with E-state index in [0.717, 1.165) is 31.7 Å². The number of thioether (sulfide) groups is 1. The zero-order valence-electron chi connectivity index (χ0n) is 13.0. The lowest BCUT2D eigenvalue weighted by Crippen LogP contribution is -2.35. The molecule has 0 saturated heterocycles. The molecular formula is C13H26N4O2S2. The molecule has 0 saturated carbocycles. The highest BCUT2D eigenvalue weighted by Gasteiger charge is 2.20. The minimum Gasteiger partial charge on any atom is -0.317 e. The van der Waals surface area contributed by atoms with E-state index in [0.29, 0.717) is 6.54 Å². The first-order valence-electron chi connectivity index (χ1n) is 7.27. The molecule has 1 aromatic rings. The Morgan fingerprint density at radius 2 is 2.19 bits per heavy atom. The number of nitrogens with one attached hydrogen (secondary N) is 2. The number of nitrogens with zero attached hydrogens (tertiary/aromatic N) is 2. The van der Waals surface area contributed by atoms with Gasteiger partial charge in [-0.15, -0.1) is 0 Å². The third kappa shape index (κ3) is 6.37. The molecule has 0 amide bonds. The monoisotopic (exact) mass is 334 g/mol. The van der Waals surface area contributed by atoms with Gasteiger partial charge in [-0.1, -0.05) is 13.8 Å². The van der Waals surface area contributed by atoms with Crippen LogP contribution in [0.3, 0.4) is 0 Å². The van der Waals surface area contributed by atoms with Gasteiger partial charge in [0, 0.05) is 24.5 Å². The van der Waals surface area contributed by atoms with Crippen molar-refractivity contribution in [2.24, 2.45) is 0 Å². The first kappa shape index (κ1) is 18.5. The van der Waals surface area contributed by atoms with E-state index in [1.807, 2.05) is 13.2 Å². The summed E-state index contributed by atoms with van der Waals surface area (Å²) in [5, 5.41) is 7.35. The maximum Gasteiger partial charge on any atom is 0.243 e. The summed E-state index contributed by atoms with van der Waals surface area (Å²) in [6, 6.07) is -0.0397. The van der Waals surface area contributed by atoms with Crippen LogP contribution >= 0.6 is 11.8 Å². The Morgan fingerprint density at radius 1 is 1.43 bits per heavy atom. The average molecular weight is 335 g/mol. The van der Waals surface area contributed by atoms with Crippen LogP contribution in [0.5, 0.6) is 0 Å². The quantitative estimate of drug-likeness (QED) is 0.597. The van der Waals surface area contributed by atoms with Gasteiger partial charge in [-0.2, -0.15) is 16.9 Å². The molecule has 1 heterocycles. The van der Waals surface area contributed by atoms with Gasteiger partial charge >= 0.3 is 0 Å². The van der Waals surface area contributed by atoms with Gasteiger partial charge in [0.05, 0.1) is 6.20 Å². The van der Waals surface area contributed by atoms with E-state index in [-0.39, 0.29) is 10.9 Å². The van der Waals surface area contributed by atoms with Crippen LogP contribution in [0.4, 0.5) is 0 Å². The summed E-state index contributed by atoms with van der Waals surface area (Å²) < 4.78 is 29.0. The molecule has 8 heteroatoms. The van der Waals surface area contributed by atoms with Crippen LogP contribution in [0.25, 0.3) is 0 Å². The summed E-state index contributed by atoms with van der Waals surface area (Å²) in [6.07, 6.45) is 6.68. The molecule has 0 fully saturated rings. The summed E-state index contributed by atoms with van der Waals surface area (Å²) in [7, 11) is -3.47. The molecule has 0 radical (unpaired) electrons. The maximum atomic E-state index is 12.3. The van der Waals surface area contributed by atoms with E-state index in [2.05, 4.69) is 22.1 Å². The second kappa shape index (κ2) is 9.45. The number of aryl methyl sites for hydroxylation is 1. The van der Waals surface area contributed by atoms with Gasteiger partial charge < -0.3 is 5.32 Å². The van der Waals surface area contributed by atoms with Crippen molar-refractivity contribution in [3.8, 4) is 0 Å². The summed E-state index contributed by atoms with van der Waals surface area (Å²) in [4.78, 5) is 0.241. The lowest BCUT2D eigenvalue weighted by Gasteiger charge is -2.14. The fourth-order valence-electron chi connectivity index (χ4n) is 1.87. The van der Waals surface area contributed by atoms with E-state index in [1.54, 1.807) is 22.6 Å². The normalized spacial score (nSPS) is 13.5. The number of hydrogen-bond acceptors (Lipinski definition) is 5. The highest BCUT2D eigenvalue weighted by Crippen LogP contribution is 2.11. The van der Waals surface area contributed by atoms with Crippen LogP contribution in [0.15, 0.2) is 17.3 Å². The predicted molar refractivity (Wildman–Crippen MR) is 88.2 cm³/mol. The summed E-state index contributed by atoms with van der Waals surface area (Å²) in [6.45, 7) is 6.60. The summed E-state index contributed by atoms with van der Waals surface area (Å²) >= 11 is 1.64. The number of hydrogen-bond donors (Lipinski definition) is 2. The first-order valence-corrected chi connectivity index (χ1v) is 10.2. The van der Waals surface area contributed by atoms with Crippen molar-refractivity contribution >= 4 is 21.8 Å². The zero-order chi connectivity index (χ0) is 15.7. The van der Waals surface area contributed by atoms with Gasteiger partial charge in [0.15, 0.2) is 0 Å². The van der Waals surface area contributed by atoms with Gasteiger partial charge in [-0.3, -0.25) is 4.68 Å². The Bertz CT molecular complexity index is 502. The third-order valence-corrected chi connectivity index (χ3v) is 5.30. The molecule has 1 unspecified atom stereocenters. The minimum absolute atomic E-state index is 0.0397. The molecule has 1 aromatic heterocycles. The SMILES string of the molecule is CCNCCCn1cc(S(=O)(=O)NC(CC)CSC)cn1. The Labute approximate surface area is 132 Å². The highest BCUT2D eigenvalue weighted by molar-refractivity contribution is 7.98. The Morgan fingerprint density at radius 3 is 2.81 bits per heavy atom. The van der Waals surface area contributed by atoms with E-state index >= 15 is 0 Å². The Hall–Kier alpha value is -0.570. The molecular weight excluding hydrogens is 308 g/mol. The first-order chi connectivity index (χ1) is 10.0. The fourth-order valence-corrected chi connectivity index (χ4v) is 3.97. The Balaban J connectivity index is 2.61. The summed E-state index contributed by atoms with van der Waals surface area (Å²) in [5.41, 5.74) is 0. The Kier molecular flexibility index (Phi) is 8.31. The van der Waals surface area contributed by atoms with Gasteiger partial charge in [-0.05, 0) is 32.2 Å². The molecule has 1 rings (SSSR count). The van der Waals surface area contributed by atoms with Crippen molar-refractivity contribution < 1.29 is 8.42 Å². The standard InChI is InChI=1S/C13H26N4O2S2/c1-4-12(11-20-3)16-21(18,19)13-9-15-17(10-13)8-6-7-14-5-2/h9-10,12,14,16H,4-8,11H2,1-3H3. The average Bonchev–Trinajstić information content (AvgIpc) is 2.92. The minimum atomic E-state index is -3.47. The van der Waals surface area contributed by atoms with Crippen LogP contribution < -0.4 is 10.0 Å². The molecule has 0 aliphatic heterocycles. The number of rotatable bonds is 11. The van der Waals surface area contributed by atoms with Gasteiger partial charge in [0.2, 0.25) is 10.0 Å². The van der Waals surface area contributed by atoms with E-state index in [1.165, 1.54) is 6.20 Å². The second-order valence-corrected chi connectivity index (χ2v) is 7.45. The third-order valence-electron chi connectivity index (χ3n) is 3.09. The van der Waals surface area contributed by atoms with Crippen LogP contribution in [0.1, 0.15) is 26.7 Å². The lowest BCUT2D eigenvalue weighted by molar-refractivity contribution is 0.547. The highest BCUT2D eigenvalue weighted by atomic mass is 32.2. The fraction of sp³-hybridized carbons (Fsp3) is 0.769. The van der Waals surface area contributed by atoms with Crippen LogP contribution in [-0.2, 0) is 16.6 Å². The van der Waals surface area contributed by atoms with Crippen LogP contribution in [0, 0.1) is 0 Å². The number of aromatic nitrogens is 2. The van der Waals surface area contributed by atoms with Crippen molar-refractivity contribution in [3.05, 3.63) is 12.4 Å². The molecule has 6 nitrogen and oxygen atoms in total. The van der Waals surface area contributed by atoms with Crippen LogP contribution in [0.2, 0.25) is 0 Å². The molecule has 0 aromatic carbocycles. The van der Waals surface area contributed by atoms with Crippen molar-refractivity contribution in [3.63, 3.8) is 0 Å². The smallest absolute Gasteiger partial charge is 0.243 e. The van der Waals surface area contributed by atoms with Crippen molar-refractivity contribution in [1.29, 1.82) is 0 Å². The molecule has 21 heavy (non-hydrogen) atoms. The molecule has 0 aliphatic rings. The van der Waals surface area contributed by atoms with E-state index < -0.39 is 10.0 Å². The zero-order valence-corrected chi connectivity index (χ0v) is 14.6. The van der Waals surface area contributed by atoms with Gasteiger partial charge in [0.25, 0.3) is 0 Å². The van der Waals surface area contributed by atoms with Crippen molar-refractivity contribution in [1.82, 2.24) is 19.8 Å². The van der Waals surface area contributed by atoms with E-state index in [4.69, 9.17) is 0 Å². The van der Waals surface area contributed by atoms with Crippen LogP contribution in [-0.4, -0.2) is 49.3 Å². The second-order valence-electron chi connectivity index (χ2n) is 4.83. The molecule has 122 valence electrons. The maximum absolute atomic E-state index is 12.3. The number of sulfonamides is 1. The molecule has 0 aliphatic carbocycles. The van der Waals surface area contributed by atoms with Crippen molar-refractivity contribution in [2.45, 2.75) is 44.2 Å². The lowest BCUT2D eigenvalue weighted by atomic mass is 10.3. The van der Waals surface area contributed by atoms with Gasteiger partial charge in [-0.25, -0.2) is 13.1 Å². The molecule has 1 atom stereocenters. The topological polar surface area (TPSA) is 76.0 Å². The summed E-state index contributed by atoms with van der Waals surface area (Å²) in [5.74, 6) is 0.770. The van der Waals surface area contributed by atoms with Crippen molar-refractivity contribution in [2.75, 3.05) is 25.1 Å². The molecule has 0 bridgehead atoms. The molecule has 0 spiro atoms. The largest absolute Gasteiger partial charge is 0.317 e.